The van der Waals surface area contributed by atoms with Gasteiger partial charge < -0.3 is 10.0 Å². The molecule has 1 fully saturated rings. The van der Waals surface area contributed by atoms with Crippen molar-refractivity contribution < 1.29 is 23.1 Å². The number of nitrogens with zero attached hydrogens (tertiary/aromatic N) is 2. The molecule has 0 unspecified atom stereocenters. The van der Waals surface area contributed by atoms with Crippen LogP contribution in [0.4, 0.5) is 0 Å². The van der Waals surface area contributed by atoms with Gasteiger partial charge in [-0.05, 0) is 19.3 Å². The zero-order chi connectivity index (χ0) is 14.5. The molecule has 110 valence electrons. The van der Waals surface area contributed by atoms with E-state index in [1.165, 1.54) is 11.4 Å². The number of amides is 1. The fourth-order valence-corrected chi connectivity index (χ4v) is 3.56. The van der Waals surface area contributed by atoms with Gasteiger partial charge in [0.05, 0.1) is 5.75 Å². The van der Waals surface area contributed by atoms with Crippen molar-refractivity contribution in [2.45, 2.75) is 25.7 Å². The summed E-state index contributed by atoms with van der Waals surface area (Å²) in [6.07, 6.45) is 2.05. The van der Waals surface area contributed by atoms with E-state index in [1.807, 2.05) is 0 Å². The van der Waals surface area contributed by atoms with Gasteiger partial charge in [0.25, 0.3) is 0 Å². The SMILES string of the molecule is CN(CC(=O)O)C(=O)CCCS(=O)(=O)N1CCCC1. The van der Waals surface area contributed by atoms with E-state index < -0.39 is 16.0 Å². The van der Waals surface area contributed by atoms with Crippen LogP contribution in [0.5, 0.6) is 0 Å². The Bertz CT molecular complexity index is 428. The molecule has 0 aromatic heterocycles. The summed E-state index contributed by atoms with van der Waals surface area (Å²) in [5, 5.41) is 8.53. The molecule has 0 aliphatic carbocycles. The minimum Gasteiger partial charge on any atom is -0.480 e. The van der Waals surface area contributed by atoms with Crippen molar-refractivity contribution in [3.63, 3.8) is 0 Å². The number of sulfonamides is 1. The molecule has 0 bridgehead atoms. The van der Waals surface area contributed by atoms with Crippen molar-refractivity contribution in [2.24, 2.45) is 0 Å². The molecule has 8 heteroatoms. The normalized spacial score (nSPS) is 16.5. The van der Waals surface area contributed by atoms with E-state index in [0.29, 0.717) is 13.1 Å². The summed E-state index contributed by atoms with van der Waals surface area (Å²) < 4.78 is 25.2. The van der Waals surface area contributed by atoms with Gasteiger partial charge in [-0.2, -0.15) is 0 Å². The van der Waals surface area contributed by atoms with E-state index in [1.54, 1.807) is 0 Å². The number of likely N-dealkylation sites (N-methyl/N-ethyl adjacent to an activating group) is 1. The molecule has 0 aromatic rings. The fraction of sp³-hybridized carbons (Fsp3) is 0.818. The molecule has 1 N–H and O–H groups in total. The van der Waals surface area contributed by atoms with Gasteiger partial charge in [0, 0.05) is 26.6 Å². The van der Waals surface area contributed by atoms with Crippen LogP contribution in [0.2, 0.25) is 0 Å². The summed E-state index contributed by atoms with van der Waals surface area (Å²) in [5.41, 5.74) is 0. The van der Waals surface area contributed by atoms with Crippen molar-refractivity contribution in [1.82, 2.24) is 9.21 Å². The lowest BCUT2D eigenvalue weighted by molar-refractivity contribution is -0.143. The monoisotopic (exact) mass is 292 g/mol. The van der Waals surface area contributed by atoms with Crippen LogP contribution in [0.1, 0.15) is 25.7 Å². The third-order valence-electron chi connectivity index (χ3n) is 3.05. The summed E-state index contributed by atoms with van der Waals surface area (Å²) in [7, 11) is -1.86. The van der Waals surface area contributed by atoms with E-state index >= 15 is 0 Å². The number of carbonyl (C=O) groups is 2. The fourth-order valence-electron chi connectivity index (χ4n) is 1.98. The molecular formula is C11H20N2O5S. The van der Waals surface area contributed by atoms with Crippen LogP contribution in [0.25, 0.3) is 0 Å². The second-order valence-electron chi connectivity index (χ2n) is 4.67. The van der Waals surface area contributed by atoms with E-state index in [2.05, 4.69) is 0 Å². The lowest BCUT2D eigenvalue weighted by Gasteiger charge is -2.16. The van der Waals surface area contributed by atoms with Crippen molar-refractivity contribution in [3.8, 4) is 0 Å². The molecule has 0 spiro atoms. The van der Waals surface area contributed by atoms with Gasteiger partial charge in [0.2, 0.25) is 15.9 Å². The van der Waals surface area contributed by atoms with E-state index in [0.717, 1.165) is 17.7 Å². The zero-order valence-corrected chi connectivity index (χ0v) is 11.9. The van der Waals surface area contributed by atoms with Gasteiger partial charge in [-0.25, -0.2) is 12.7 Å². The largest absolute Gasteiger partial charge is 0.480 e. The molecule has 0 atom stereocenters. The first-order valence-corrected chi connectivity index (χ1v) is 7.87. The quantitative estimate of drug-likeness (QED) is 0.697. The first-order chi connectivity index (χ1) is 8.83. The molecule has 0 aromatic carbocycles. The number of rotatable bonds is 7. The molecule has 0 saturated carbocycles. The molecule has 1 saturated heterocycles. The highest BCUT2D eigenvalue weighted by Gasteiger charge is 2.25. The first kappa shape index (κ1) is 15.9. The molecule has 1 amide bonds. The minimum atomic E-state index is -3.26. The number of aliphatic carboxylic acids is 1. The first-order valence-electron chi connectivity index (χ1n) is 6.26. The molecule has 1 heterocycles. The molecule has 19 heavy (non-hydrogen) atoms. The highest BCUT2D eigenvalue weighted by atomic mass is 32.2. The smallest absolute Gasteiger partial charge is 0.323 e. The predicted molar refractivity (Wildman–Crippen MR) is 69.1 cm³/mol. The summed E-state index contributed by atoms with van der Waals surface area (Å²) in [4.78, 5) is 23.1. The molecular weight excluding hydrogens is 272 g/mol. The Labute approximate surface area is 113 Å². The van der Waals surface area contributed by atoms with Gasteiger partial charge >= 0.3 is 5.97 Å². The van der Waals surface area contributed by atoms with Crippen LogP contribution < -0.4 is 0 Å². The third-order valence-corrected chi connectivity index (χ3v) is 5.01. The number of carboxylic acids is 1. The van der Waals surface area contributed by atoms with E-state index in [4.69, 9.17) is 5.11 Å². The maximum absolute atomic E-state index is 11.9. The van der Waals surface area contributed by atoms with Crippen LogP contribution in [-0.4, -0.2) is 67.0 Å². The molecule has 1 aliphatic heterocycles. The summed E-state index contributed by atoms with van der Waals surface area (Å²) >= 11 is 0. The Balaban J connectivity index is 2.33. The minimum absolute atomic E-state index is 0.0524. The van der Waals surface area contributed by atoms with Crippen LogP contribution in [-0.2, 0) is 19.6 Å². The standard InChI is InChI=1S/C11H20N2O5S/c1-12(9-11(15)16)10(14)5-4-8-19(17,18)13-6-2-3-7-13/h2-9H2,1H3,(H,15,16). The second kappa shape index (κ2) is 6.85. The average Bonchev–Trinajstić information content (AvgIpc) is 2.81. The number of hydrogen-bond acceptors (Lipinski definition) is 4. The van der Waals surface area contributed by atoms with Gasteiger partial charge in [0.15, 0.2) is 0 Å². The molecule has 1 aliphatic rings. The summed E-state index contributed by atoms with van der Waals surface area (Å²) in [6.45, 7) is 0.766. The van der Waals surface area contributed by atoms with Crippen molar-refractivity contribution in [2.75, 3.05) is 32.4 Å². The van der Waals surface area contributed by atoms with E-state index in [-0.39, 0.29) is 31.0 Å². The van der Waals surface area contributed by atoms with E-state index in [9.17, 15) is 18.0 Å². The lowest BCUT2D eigenvalue weighted by atomic mass is 10.3. The van der Waals surface area contributed by atoms with Crippen LogP contribution in [0.15, 0.2) is 0 Å². The third kappa shape index (κ3) is 5.15. The molecule has 7 nitrogen and oxygen atoms in total. The lowest BCUT2D eigenvalue weighted by Crippen LogP contribution is -2.33. The van der Waals surface area contributed by atoms with Crippen LogP contribution in [0.3, 0.4) is 0 Å². The number of hydrogen-bond donors (Lipinski definition) is 1. The van der Waals surface area contributed by atoms with Crippen molar-refractivity contribution in [3.05, 3.63) is 0 Å². The second-order valence-corrected chi connectivity index (χ2v) is 6.76. The Morgan fingerprint density at radius 2 is 1.84 bits per heavy atom. The molecule has 0 radical (unpaired) electrons. The Morgan fingerprint density at radius 1 is 1.26 bits per heavy atom. The van der Waals surface area contributed by atoms with Gasteiger partial charge in [-0.3, -0.25) is 9.59 Å². The summed E-state index contributed by atoms with van der Waals surface area (Å²) in [5.74, 6) is -1.49. The molecule has 1 rings (SSSR count). The van der Waals surface area contributed by atoms with Gasteiger partial charge in [0.1, 0.15) is 6.54 Å². The van der Waals surface area contributed by atoms with Crippen LogP contribution >= 0.6 is 0 Å². The Kier molecular flexibility index (Phi) is 5.74. The predicted octanol–water partition coefficient (Wildman–Crippen LogP) is -0.265. The maximum atomic E-state index is 11.9. The Morgan fingerprint density at radius 3 is 2.37 bits per heavy atom. The summed E-state index contributed by atoms with van der Waals surface area (Å²) in [6, 6.07) is 0. The highest BCUT2D eigenvalue weighted by molar-refractivity contribution is 7.89. The maximum Gasteiger partial charge on any atom is 0.323 e. The zero-order valence-electron chi connectivity index (χ0n) is 11.0. The highest BCUT2D eigenvalue weighted by Crippen LogP contribution is 2.14. The van der Waals surface area contributed by atoms with Crippen LogP contribution in [0, 0.1) is 0 Å². The number of carbonyl (C=O) groups excluding carboxylic acids is 1. The number of carboxylic acid groups (broad SMARTS) is 1. The van der Waals surface area contributed by atoms with Crippen molar-refractivity contribution in [1.29, 1.82) is 0 Å². The van der Waals surface area contributed by atoms with Gasteiger partial charge in [-0.1, -0.05) is 0 Å². The topological polar surface area (TPSA) is 95.0 Å². The average molecular weight is 292 g/mol. The van der Waals surface area contributed by atoms with Crippen molar-refractivity contribution >= 4 is 21.9 Å². The van der Waals surface area contributed by atoms with Gasteiger partial charge in [-0.15, -0.1) is 0 Å². The Hall–Kier alpha value is -1.15.